The van der Waals surface area contributed by atoms with Crippen LogP contribution in [0.3, 0.4) is 0 Å². The highest BCUT2D eigenvalue weighted by Crippen LogP contribution is 2.44. The fraction of sp³-hybridized carbons (Fsp3) is 0.261. The van der Waals surface area contributed by atoms with Crippen molar-refractivity contribution in [3.8, 4) is 6.07 Å². The van der Waals surface area contributed by atoms with Crippen LogP contribution in [-0.2, 0) is 15.8 Å². The van der Waals surface area contributed by atoms with Crippen LogP contribution in [0.15, 0.2) is 69.0 Å². The molecule has 1 amide bonds. The van der Waals surface area contributed by atoms with Crippen LogP contribution in [0, 0.1) is 11.3 Å². The number of furan rings is 1. The first-order chi connectivity index (χ1) is 15.8. The molecule has 4 rings (SSSR count). The van der Waals surface area contributed by atoms with Gasteiger partial charge in [-0.3, -0.25) is 9.59 Å². The molecule has 0 saturated carbocycles. The van der Waals surface area contributed by atoms with Gasteiger partial charge in [-0.15, -0.1) is 0 Å². The lowest BCUT2D eigenvalue weighted by atomic mass is 9.79. The van der Waals surface area contributed by atoms with Crippen LogP contribution in [0.2, 0.25) is 0 Å². The van der Waals surface area contributed by atoms with Crippen molar-refractivity contribution in [3.05, 3.63) is 75.9 Å². The number of ketones is 1. The van der Waals surface area contributed by atoms with E-state index >= 15 is 0 Å². The fourth-order valence-electron chi connectivity index (χ4n) is 3.94. The Hall–Kier alpha value is -3.45. The number of amides is 1. The number of carbonyl (C=O) groups is 2. The Morgan fingerprint density at radius 2 is 2.03 bits per heavy atom. The summed E-state index contributed by atoms with van der Waals surface area (Å²) in [6, 6.07) is 10.2. The highest BCUT2D eigenvalue weighted by atomic mass is 32.2. The van der Waals surface area contributed by atoms with Crippen LogP contribution in [0.25, 0.3) is 0 Å². The minimum Gasteiger partial charge on any atom is -0.468 e. The molecule has 2 aliphatic rings. The molecule has 1 aliphatic heterocycles. The van der Waals surface area contributed by atoms with Crippen molar-refractivity contribution in [3.63, 3.8) is 0 Å². The molecule has 2 N–H and O–H groups in total. The number of nitriles is 1. The van der Waals surface area contributed by atoms with Gasteiger partial charge in [0.15, 0.2) is 5.78 Å². The Balaban J connectivity index is 1.57. The largest absolute Gasteiger partial charge is 0.468 e. The van der Waals surface area contributed by atoms with Crippen molar-refractivity contribution < 1.29 is 27.2 Å². The first-order valence-electron chi connectivity index (χ1n) is 10.1. The van der Waals surface area contributed by atoms with E-state index in [0.29, 0.717) is 41.3 Å². The summed E-state index contributed by atoms with van der Waals surface area (Å²) in [5.41, 5.74) is 0.118. The summed E-state index contributed by atoms with van der Waals surface area (Å²) in [4.78, 5) is 25.1. The number of dihydropyridines is 1. The Morgan fingerprint density at radius 1 is 1.24 bits per heavy atom. The van der Waals surface area contributed by atoms with Gasteiger partial charge >= 0.3 is 6.18 Å². The molecule has 170 valence electrons. The molecule has 0 radical (unpaired) electrons. The molecule has 0 spiro atoms. The number of Topliss-reactive ketones (excluding diaryl/α,β-unsaturated/α-hetero) is 1. The normalized spacial score (nSPS) is 18.5. The number of thioether (sulfide) groups is 1. The molecule has 1 atom stereocenters. The van der Waals surface area contributed by atoms with E-state index in [1.165, 1.54) is 24.5 Å². The standard InChI is InChI=1S/C23H18F3N3O3S/c24-23(25,26)14-5-1-2-6-15(14)28-19(31)12-33-22-13(11-27)20(18-9-4-10-32-18)21-16(29-22)7-3-8-17(21)30/h1-2,4-6,9-10,20,29H,3,7-8,12H2,(H,28,31). The third kappa shape index (κ3) is 4.68. The summed E-state index contributed by atoms with van der Waals surface area (Å²) >= 11 is 0.994. The number of alkyl halides is 3. The zero-order chi connectivity index (χ0) is 23.6. The second-order valence-electron chi connectivity index (χ2n) is 7.48. The van der Waals surface area contributed by atoms with Crippen molar-refractivity contribution in [2.45, 2.75) is 31.4 Å². The number of nitrogens with one attached hydrogen (secondary N) is 2. The Bertz CT molecular complexity index is 1190. The lowest BCUT2D eigenvalue weighted by Crippen LogP contribution is -2.31. The molecule has 33 heavy (non-hydrogen) atoms. The van der Waals surface area contributed by atoms with Gasteiger partial charge in [0.2, 0.25) is 5.91 Å². The number of rotatable bonds is 5. The lowest BCUT2D eigenvalue weighted by molar-refractivity contribution is -0.137. The summed E-state index contributed by atoms with van der Waals surface area (Å²) < 4.78 is 45.1. The van der Waals surface area contributed by atoms with Gasteiger partial charge in [-0.25, -0.2) is 0 Å². The topological polar surface area (TPSA) is 95.1 Å². The van der Waals surface area contributed by atoms with Crippen molar-refractivity contribution in [1.29, 1.82) is 5.26 Å². The van der Waals surface area contributed by atoms with Gasteiger partial charge < -0.3 is 15.1 Å². The number of hydrogen-bond donors (Lipinski definition) is 2. The number of para-hydroxylation sites is 1. The van der Waals surface area contributed by atoms with E-state index in [9.17, 15) is 28.0 Å². The van der Waals surface area contributed by atoms with Crippen molar-refractivity contribution in [2.75, 3.05) is 11.1 Å². The maximum atomic E-state index is 13.2. The van der Waals surface area contributed by atoms with Gasteiger partial charge in [0.05, 0.1) is 45.9 Å². The summed E-state index contributed by atoms with van der Waals surface area (Å²) in [6.45, 7) is 0. The molecular weight excluding hydrogens is 455 g/mol. The average molecular weight is 473 g/mol. The molecule has 2 heterocycles. The van der Waals surface area contributed by atoms with E-state index in [1.54, 1.807) is 12.1 Å². The minimum atomic E-state index is -4.61. The number of nitrogens with zero attached hydrogens (tertiary/aromatic N) is 1. The Labute approximate surface area is 191 Å². The molecule has 6 nitrogen and oxygen atoms in total. The van der Waals surface area contributed by atoms with E-state index in [1.807, 2.05) is 0 Å². The third-order valence-corrected chi connectivity index (χ3v) is 6.36. The SMILES string of the molecule is N#CC1=C(SCC(=O)Nc2ccccc2C(F)(F)F)NC2=C(C(=O)CCC2)C1c1ccco1. The molecule has 0 bridgehead atoms. The van der Waals surface area contributed by atoms with E-state index in [-0.39, 0.29) is 22.8 Å². The van der Waals surface area contributed by atoms with Gasteiger partial charge in [0.1, 0.15) is 5.76 Å². The Morgan fingerprint density at radius 3 is 2.73 bits per heavy atom. The van der Waals surface area contributed by atoms with Crippen LogP contribution in [-0.4, -0.2) is 17.4 Å². The monoisotopic (exact) mass is 473 g/mol. The van der Waals surface area contributed by atoms with Gasteiger partial charge in [-0.05, 0) is 37.1 Å². The number of anilines is 1. The summed E-state index contributed by atoms with van der Waals surface area (Å²) in [7, 11) is 0. The lowest BCUT2D eigenvalue weighted by Gasteiger charge is -2.32. The fourth-order valence-corrected chi connectivity index (χ4v) is 4.80. The molecule has 1 aliphatic carbocycles. The molecule has 1 aromatic heterocycles. The highest BCUT2D eigenvalue weighted by molar-refractivity contribution is 8.03. The number of hydrogen-bond acceptors (Lipinski definition) is 6. The van der Waals surface area contributed by atoms with Gasteiger partial charge in [0, 0.05) is 17.7 Å². The van der Waals surface area contributed by atoms with Crippen molar-refractivity contribution >= 4 is 29.1 Å². The zero-order valence-electron chi connectivity index (χ0n) is 17.2. The first kappa shape index (κ1) is 22.7. The van der Waals surface area contributed by atoms with Crippen molar-refractivity contribution in [2.24, 2.45) is 0 Å². The predicted octanol–water partition coefficient (Wildman–Crippen LogP) is 5.10. The molecular formula is C23H18F3N3O3S. The minimum absolute atomic E-state index is 0.0662. The van der Waals surface area contributed by atoms with Crippen molar-refractivity contribution in [1.82, 2.24) is 5.32 Å². The van der Waals surface area contributed by atoms with Crippen LogP contribution in [0.5, 0.6) is 0 Å². The summed E-state index contributed by atoms with van der Waals surface area (Å²) in [6.07, 6.45) is -1.51. The first-order valence-corrected chi connectivity index (χ1v) is 11.1. The summed E-state index contributed by atoms with van der Waals surface area (Å²) in [5, 5.41) is 15.7. The van der Waals surface area contributed by atoms with Crippen LogP contribution in [0.1, 0.15) is 36.5 Å². The number of carbonyl (C=O) groups excluding carboxylic acids is 2. The van der Waals surface area contributed by atoms with Gasteiger partial charge in [-0.1, -0.05) is 23.9 Å². The van der Waals surface area contributed by atoms with Gasteiger partial charge in [0.25, 0.3) is 0 Å². The predicted molar refractivity (Wildman–Crippen MR) is 116 cm³/mol. The third-order valence-electron chi connectivity index (χ3n) is 5.34. The number of allylic oxidation sites excluding steroid dienone is 3. The maximum Gasteiger partial charge on any atom is 0.418 e. The smallest absolute Gasteiger partial charge is 0.418 e. The van der Waals surface area contributed by atoms with Crippen LogP contribution < -0.4 is 10.6 Å². The average Bonchev–Trinajstić information content (AvgIpc) is 3.31. The molecule has 0 saturated heterocycles. The molecule has 2 aromatic rings. The molecule has 10 heteroatoms. The second-order valence-corrected chi connectivity index (χ2v) is 8.46. The summed E-state index contributed by atoms with van der Waals surface area (Å²) in [5.74, 6) is -1.20. The Kier molecular flexibility index (Phi) is 6.33. The molecule has 0 fully saturated rings. The van der Waals surface area contributed by atoms with E-state index in [0.717, 1.165) is 17.8 Å². The van der Waals surface area contributed by atoms with Gasteiger partial charge in [-0.2, -0.15) is 18.4 Å². The quantitative estimate of drug-likeness (QED) is 0.628. The van der Waals surface area contributed by atoms with Crippen LogP contribution in [0.4, 0.5) is 18.9 Å². The molecule has 1 unspecified atom stereocenters. The number of halogens is 3. The van der Waals surface area contributed by atoms with Crippen LogP contribution >= 0.6 is 11.8 Å². The maximum absolute atomic E-state index is 13.2. The van der Waals surface area contributed by atoms with E-state index in [4.69, 9.17) is 4.42 Å². The molecule has 1 aromatic carbocycles. The zero-order valence-corrected chi connectivity index (χ0v) is 18.0. The van der Waals surface area contributed by atoms with E-state index < -0.39 is 23.6 Å². The number of benzene rings is 1. The second kappa shape index (κ2) is 9.19. The van der Waals surface area contributed by atoms with E-state index in [2.05, 4.69) is 16.7 Å². The highest BCUT2D eigenvalue weighted by Gasteiger charge is 2.38.